The number of carbonyl (C=O) groups excluding carboxylic acids is 3. The van der Waals surface area contributed by atoms with Crippen LogP contribution >= 0.6 is 0 Å². The zero-order valence-corrected chi connectivity index (χ0v) is 16.0. The second-order valence-electron chi connectivity index (χ2n) is 7.27. The van der Waals surface area contributed by atoms with Crippen LogP contribution in [0.15, 0.2) is 24.3 Å². The minimum atomic E-state index is -1.81. The van der Waals surface area contributed by atoms with Gasteiger partial charge in [0.1, 0.15) is 5.60 Å². The largest absolute Gasteiger partial charge is 0.461 e. The van der Waals surface area contributed by atoms with E-state index >= 15 is 0 Å². The third-order valence-electron chi connectivity index (χ3n) is 3.44. The monoisotopic (exact) mass is 351 g/mol. The van der Waals surface area contributed by atoms with Crippen LogP contribution in [0.4, 0.5) is 4.79 Å². The van der Waals surface area contributed by atoms with E-state index in [9.17, 15) is 14.4 Å². The Morgan fingerprint density at radius 2 is 1.92 bits per heavy atom. The minimum absolute atomic E-state index is 0.107. The number of unbranched alkanes of at least 4 members (excludes halogenated alkanes) is 1. The van der Waals surface area contributed by atoms with E-state index in [4.69, 9.17) is 9.47 Å². The van der Waals surface area contributed by atoms with Crippen LogP contribution in [0.3, 0.4) is 0 Å². The van der Waals surface area contributed by atoms with Crippen molar-refractivity contribution in [2.75, 3.05) is 6.54 Å². The maximum Gasteiger partial charge on any atom is 0.412 e. The normalized spacial score (nSPS) is 20.4. The molecular formula is C19H29NO5. The number of hydrogen-bond acceptors (Lipinski definition) is 5. The van der Waals surface area contributed by atoms with Gasteiger partial charge in [0.2, 0.25) is 5.54 Å². The molecule has 0 fully saturated rings. The molecule has 1 unspecified atom stereocenters. The SMILES string of the molecule is CCC/C=C\C(=O)C1(C(=O)OC(C)C)C=CCN1C(=O)OC(C)(C)C. The molecule has 25 heavy (non-hydrogen) atoms. The predicted octanol–water partition coefficient (Wildman–Crippen LogP) is 3.41. The van der Waals surface area contributed by atoms with Gasteiger partial charge in [0, 0.05) is 6.54 Å². The number of allylic oxidation sites excluding steroid dienone is 1. The van der Waals surface area contributed by atoms with Crippen LogP contribution in [0.5, 0.6) is 0 Å². The van der Waals surface area contributed by atoms with Gasteiger partial charge in [-0.3, -0.25) is 9.69 Å². The zero-order valence-electron chi connectivity index (χ0n) is 16.0. The first-order valence-electron chi connectivity index (χ1n) is 8.65. The lowest BCUT2D eigenvalue weighted by Gasteiger charge is -2.35. The summed E-state index contributed by atoms with van der Waals surface area (Å²) in [5.41, 5.74) is -2.55. The quantitative estimate of drug-likeness (QED) is 0.317. The number of nitrogens with zero attached hydrogens (tertiary/aromatic N) is 1. The number of esters is 1. The Morgan fingerprint density at radius 3 is 2.44 bits per heavy atom. The Labute approximate surface area is 149 Å². The third kappa shape index (κ3) is 5.18. The van der Waals surface area contributed by atoms with Crippen molar-refractivity contribution in [3.05, 3.63) is 24.3 Å². The van der Waals surface area contributed by atoms with Crippen molar-refractivity contribution in [1.29, 1.82) is 0 Å². The Balaban J connectivity index is 3.24. The molecule has 0 radical (unpaired) electrons. The summed E-state index contributed by atoms with van der Waals surface area (Å²) < 4.78 is 10.7. The highest BCUT2D eigenvalue weighted by Crippen LogP contribution is 2.29. The van der Waals surface area contributed by atoms with Crippen molar-refractivity contribution in [3.63, 3.8) is 0 Å². The van der Waals surface area contributed by atoms with Gasteiger partial charge in [0.05, 0.1) is 6.10 Å². The number of rotatable bonds is 6. The van der Waals surface area contributed by atoms with Gasteiger partial charge in [-0.2, -0.15) is 0 Å². The molecule has 0 aromatic heterocycles. The Kier molecular flexibility index (Phi) is 6.96. The first-order chi connectivity index (χ1) is 11.5. The van der Waals surface area contributed by atoms with Crippen molar-refractivity contribution >= 4 is 17.8 Å². The summed E-state index contributed by atoms with van der Waals surface area (Å²) in [5, 5.41) is 0. The lowest BCUT2D eigenvalue weighted by Crippen LogP contribution is -2.59. The van der Waals surface area contributed by atoms with E-state index in [2.05, 4.69) is 0 Å². The fourth-order valence-corrected chi connectivity index (χ4v) is 2.38. The molecule has 0 bridgehead atoms. The van der Waals surface area contributed by atoms with Crippen molar-refractivity contribution < 1.29 is 23.9 Å². The third-order valence-corrected chi connectivity index (χ3v) is 3.44. The maximum absolute atomic E-state index is 12.9. The molecular weight excluding hydrogens is 322 g/mol. The molecule has 0 aromatic rings. The molecule has 6 nitrogen and oxygen atoms in total. The highest BCUT2D eigenvalue weighted by molar-refractivity contribution is 6.17. The molecule has 1 atom stereocenters. The van der Waals surface area contributed by atoms with Gasteiger partial charge in [0.25, 0.3) is 0 Å². The van der Waals surface area contributed by atoms with Crippen LogP contribution in [0.25, 0.3) is 0 Å². The van der Waals surface area contributed by atoms with Gasteiger partial charge in [-0.1, -0.05) is 25.5 Å². The van der Waals surface area contributed by atoms with E-state index in [1.54, 1.807) is 46.8 Å². The number of hydrogen-bond donors (Lipinski definition) is 0. The lowest BCUT2D eigenvalue weighted by molar-refractivity contribution is -0.160. The Morgan fingerprint density at radius 1 is 1.28 bits per heavy atom. The minimum Gasteiger partial charge on any atom is -0.461 e. The fraction of sp³-hybridized carbons (Fsp3) is 0.632. The average Bonchev–Trinajstić information content (AvgIpc) is 2.90. The van der Waals surface area contributed by atoms with Crippen LogP contribution in [-0.2, 0) is 19.1 Å². The molecule has 6 heteroatoms. The zero-order chi connectivity index (χ0) is 19.3. The summed E-state index contributed by atoms with van der Waals surface area (Å²) in [5.74, 6) is -1.28. The van der Waals surface area contributed by atoms with Gasteiger partial charge < -0.3 is 9.47 Å². The molecule has 1 aliphatic rings. The van der Waals surface area contributed by atoms with Crippen LogP contribution in [0.2, 0.25) is 0 Å². The molecule has 0 spiro atoms. The van der Waals surface area contributed by atoms with Crippen molar-refractivity contribution in [1.82, 2.24) is 4.90 Å². The maximum atomic E-state index is 12.9. The smallest absolute Gasteiger partial charge is 0.412 e. The van der Waals surface area contributed by atoms with Gasteiger partial charge in [-0.25, -0.2) is 9.59 Å². The summed E-state index contributed by atoms with van der Waals surface area (Å²) in [7, 11) is 0. The van der Waals surface area contributed by atoms with E-state index < -0.39 is 35.1 Å². The van der Waals surface area contributed by atoms with Gasteiger partial charge >= 0.3 is 12.1 Å². The van der Waals surface area contributed by atoms with E-state index in [-0.39, 0.29) is 6.54 Å². The molecule has 1 amide bonds. The molecule has 0 saturated heterocycles. The summed E-state index contributed by atoms with van der Waals surface area (Å²) in [6, 6.07) is 0. The standard InChI is InChI=1S/C19H29NO5/c1-7-8-9-11-15(21)19(16(22)24-14(2)3)12-10-13-20(19)17(23)25-18(4,5)6/h9-12,14H,7-8,13H2,1-6H3/b11-9-. The molecule has 1 rings (SSSR count). The Hall–Kier alpha value is -2.11. The summed E-state index contributed by atoms with van der Waals surface area (Å²) in [4.78, 5) is 39.3. The fourth-order valence-electron chi connectivity index (χ4n) is 2.38. The first kappa shape index (κ1) is 20.9. The van der Waals surface area contributed by atoms with Crippen LogP contribution < -0.4 is 0 Å². The average molecular weight is 351 g/mol. The highest BCUT2D eigenvalue weighted by Gasteiger charge is 2.54. The number of amides is 1. The van der Waals surface area contributed by atoms with Crippen LogP contribution in [-0.4, -0.2) is 46.5 Å². The molecule has 0 aliphatic carbocycles. The van der Waals surface area contributed by atoms with E-state index in [1.165, 1.54) is 12.2 Å². The molecule has 0 saturated carbocycles. The van der Waals surface area contributed by atoms with E-state index in [0.717, 1.165) is 11.3 Å². The van der Waals surface area contributed by atoms with Crippen molar-refractivity contribution in [3.8, 4) is 0 Å². The summed E-state index contributed by atoms with van der Waals surface area (Å²) in [6.45, 7) is 10.7. The first-order valence-corrected chi connectivity index (χ1v) is 8.65. The predicted molar refractivity (Wildman–Crippen MR) is 95.1 cm³/mol. The molecule has 1 heterocycles. The molecule has 140 valence electrons. The molecule has 0 aromatic carbocycles. The summed E-state index contributed by atoms with van der Waals surface area (Å²) in [6.07, 6.45) is 6.53. The molecule has 0 N–H and O–H groups in total. The topological polar surface area (TPSA) is 72.9 Å². The van der Waals surface area contributed by atoms with Gasteiger partial charge in [0.15, 0.2) is 5.78 Å². The van der Waals surface area contributed by atoms with Crippen molar-refractivity contribution in [2.45, 2.75) is 71.6 Å². The van der Waals surface area contributed by atoms with Gasteiger partial charge in [-0.15, -0.1) is 0 Å². The number of ketones is 1. The van der Waals surface area contributed by atoms with Gasteiger partial charge in [-0.05, 0) is 53.2 Å². The summed E-state index contributed by atoms with van der Waals surface area (Å²) >= 11 is 0. The highest BCUT2D eigenvalue weighted by atomic mass is 16.6. The lowest BCUT2D eigenvalue weighted by atomic mass is 9.93. The van der Waals surface area contributed by atoms with E-state index in [0.29, 0.717) is 6.42 Å². The van der Waals surface area contributed by atoms with Crippen LogP contribution in [0, 0.1) is 0 Å². The second kappa shape index (κ2) is 8.32. The Bertz CT molecular complexity index is 571. The van der Waals surface area contributed by atoms with E-state index in [1.807, 2.05) is 6.92 Å². The van der Waals surface area contributed by atoms with Crippen LogP contribution in [0.1, 0.15) is 54.4 Å². The number of carbonyl (C=O) groups is 3. The second-order valence-corrected chi connectivity index (χ2v) is 7.27. The number of ether oxygens (including phenoxy) is 2. The van der Waals surface area contributed by atoms with Crippen molar-refractivity contribution in [2.24, 2.45) is 0 Å². The molecule has 1 aliphatic heterocycles.